The lowest BCUT2D eigenvalue weighted by atomic mass is 10.1. The minimum atomic E-state index is -3.91. The van der Waals surface area contributed by atoms with Crippen molar-refractivity contribution < 1.29 is 27.1 Å². The van der Waals surface area contributed by atoms with Crippen LogP contribution in [0.4, 0.5) is 14.9 Å². The molecule has 2 heterocycles. The molecule has 0 radical (unpaired) electrons. The molecule has 2 amide bonds. The lowest BCUT2D eigenvalue weighted by Gasteiger charge is -2.34. The number of benzene rings is 3. The van der Waals surface area contributed by atoms with Crippen molar-refractivity contribution >= 4 is 38.6 Å². The lowest BCUT2D eigenvalue weighted by molar-refractivity contribution is 0.0633. The molecule has 1 N–H and O–H groups in total. The summed E-state index contributed by atoms with van der Waals surface area (Å²) in [4.78, 5) is 32.7. The van der Waals surface area contributed by atoms with Crippen molar-refractivity contribution in [3.05, 3.63) is 96.4 Å². The molecular formula is C27H23FN4O5S. The van der Waals surface area contributed by atoms with E-state index < -0.39 is 21.9 Å². The SMILES string of the molecule is O=C(Oc1cccc(F)c1)N1CCN(C(=O)c2ccc(NS(=O)(=O)c3cccc4cccnc34)cc2)CC1. The Morgan fingerprint density at radius 3 is 2.29 bits per heavy atom. The third-order valence-electron chi connectivity index (χ3n) is 6.10. The molecule has 1 saturated heterocycles. The largest absolute Gasteiger partial charge is 0.415 e. The van der Waals surface area contributed by atoms with Crippen molar-refractivity contribution in [3.8, 4) is 5.75 Å². The average Bonchev–Trinajstić information content (AvgIpc) is 2.92. The van der Waals surface area contributed by atoms with Crippen molar-refractivity contribution in [2.24, 2.45) is 0 Å². The van der Waals surface area contributed by atoms with E-state index in [1.807, 2.05) is 0 Å². The number of fused-ring (bicyclic) bond motifs is 1. The molecule has 4 aromatic rings. The number of pyridine rings is 1. The smallest absolute Gasteiger partial charge is 0.410 e. The van der Waals surface area contributed by atoms with E-state index >= 15 is 0 Å². The van der Waals surface area contributed by atoms with Gasteiger partial charge in [-0.15, -0.1) is 0 Å². The number of ether oxygens (including phenoxy) is 1. The standard InChI is InChI=1S/C27H23FN4O5S/c28-21-6-2-7-23(18-21)37-27(34)32-16-14-31(15-17-32)26(33)20-9-11-22(12-10-20)30-38(35,36)24-8-1-4-19-5-3-13-29-25(19)24/h1-13,18,30H,14-17H2. The van der Waals surface area contributed by atoms with Crippen LogP contribution in [0.15, 0.2) is 90.0 Å². The Kier molecular flexibility index (Phi) is 6.93. The zero-order chi connectivity index (χ0) is 26.7. The number of halogens is 1. The Morgan fingerprint density at radius 2 is 1.55 bits per heavy atom. The molecule has 5 rings (SSSR count). The van der Waals surface area contributed by atoms with Crippen LogP contribution < -0.4 is 9.46 Å². The summed E-state index contributed by atoms with van der Waals surface area (Å²) in [5.74, 6) is -0.633. The monoisotopic (exact) mass is 534 g/mol. The van der Waals surface area contributed by atoms with Gasteiger partial charge in [-0.2, -0.15) is 0 Å². The van der Waals surface area contributed by atoms with Crippen LogP contribution in [0.5, 0.6) is 5.75 Å². The highest BCUT2D eigenvalue weighted by Gasteiger charge is 2.26. The summed E-state index contributed by atoms with van der Waals surface area (Å²) in [5, 5.41) is 0.707. The molecule has 0 unspecified atom stereocenters. The maximum absolute atomic E-state index is 13.3. The Labute approximate surface area is 218 Å². The summed E-state index contributed by atoms with van der Waals surface area (Å²) in [5.41, 5.74) is 1.06. The molecule has 1 aliphatic heterocycles. The van der Waals surface area contributed by atoms with E-state index in [9.17, 15) is 22.4 Å². The van der Waals surface area contributed by atoms with Gasteiger partial charge < -0.3 is 14.5 Å². The predicted octanol–water partition coefficient (Wildman–Crippen LogP) is 4.13. The number of piperazine rings is 1. The highest BCUT2D eigenvalue weighted by molar-refractivity contribution is 7.93. The van der Waals surface area contributed by atoms with Crippen molar-refractivity contribution in [1.82, 2.24) is 14.8 Å². The van der Waals surface area contributed by atoms with Crippen LogP contribution in [0.3, 0.4) is 0 Å². The second-order valence-electron chi connectivity index (χ2n) is 8.62. The van der Waals surface area contributed by atoms with Crippen LogP contribution in [0.1, 0.15) is 10.4 Å². The van der Waals surface area contributed by atoms with Gasteiger partial charge in [0.05, 0.1) is 5.52 Å². The van der Waals surface area contributed by atoms with Crippen LogP contribution in [0, 0.1) is 5.82 Å². The van der Waals surface area contributed by atoms with Crippen LogP contribution >= 0.6 is 0 Å². The quantitative estimate of drug-likeness (QED) is 0.413. The number of nitrogens with zero attached hydrogens (tertiary/aromatic N) is 3. The fourth-order valence-corrected chi connectivity index (χ4v) is 5.39. The number of para-hydroxylation sites is 1. The molecule has 1 aromatic heterocycles. The fraction of sp³-hybridized carbons (Fsp3) is 0.148. The number of aromatic nitrogens is 1. The van der Waals surface area contributed by atoms with Gasteiger partial charge in [-0.25, -0.2) is 17.6 Å². The van der Waals surface area contributed by atoms with Gasteiger partial charge in [0.15, 0.2) is 0 Å². The van der Waals surface area contributed by atoms with Crippen LogP contribution in [-0.4, -0.2) is 61.4 Å². The number of hydrogen-bond acceptors (Lipinski definition) is 6. The molecule has 1 aliphatic rings. The maximum atomic E-state index is 13.3. The summed E-state index contributed by atoms with van der Waals surface area (Å²) < 4.78 is 47.1. The minimum Gasteiger partial charge on any atom is -0.410 e. The van der Waals surface area contributed by atoms with Crippen LogP contribution in [0.2, 0.25) is 0 Å². The van der Waals surface area contributed by atoms with Crippen molar-refractivity contribution in [1.29, 1.82) is 0 Å². The normalized spacial score (nSPS) is 13.8. The lowest BCUT2D eigenvalue weighted by Crippen LogP contribution is -2.51. The number of hydrogen-bond donors (Lipinski definition) is 1. The van der Waals surface area contributed by atoms with E-state index in [-0.39, 0.29) is 29.6 Å². The van der Waals surface area contributed by atoms with Gasteiger partial charge in [0.1, 0.15) is 16.5 Å². The number of amides is 2. The Morgan fingerprint density at radius 1 is 0.868 bits per heavy atom. The Hall–Kier alpha value is -4.51. The van der Waals surface area contributed by atoms with Gasteiger partial charge in [0, 0.05) is 55.1 Å². The first kappa shape index (κ1) is 25.2. The van der Waals surface area contributed by atoms with E-state index in [0.29, 0.717) is 35.2 Å². The molecular weight excluding hydrogens is 511 g/mol. The Bertz CT molecular complexity index is 1600. The third-order valence-corrected chi connectivity index (χ3v) is 7.51. The van der Waals surface area contributed by atoms with Crippen LogP contribution in [-0.2, 0) is 10.0 Å². The molecule has 38 heavy (non-hydrogen) atoms. The zero-order valence-electron chi connectivity index (χ0n) is 20.1. The molecule has 1 fully saturated rings. The zero-order valence-corrected chi connectivity index (χ0v) is 20.9. The van der Waals surface area contributed by atoms with Gasteiger partial charge in [0.25, 0.3) is 15.9 Å². The summed E-state index contributed by atoms with van der Waals surface area (Å²) in [6.07, 6.45) is 0.926. The molecule has 11 heteroatoms. The van der Waals surface area contributed by atoms with E-state index in [1.54, 1.807) is 41.3 Å². The summed E-state index contributed by atoms with van der Waals surface area (Å²) in [6, 6.07) is 19.9. The fourth-order valence-electron chi connectivity index (χ4n) is 4.15. The Balaban J connectivity index is 1.20. The number of nitrogens with one attached hydrogen (secondary N) is 1. The molecule has 0 saturated carbocycles. The maximum Gasteiger partial charge on any atom is 0.415 e. The highest BCUT2D eigenvalue weighted by atomic mass is 32.2. The number of sulfonamides is 1. The number of carbonyl (C=O) groups excluding carboxylic acids is 2. The predicted molar refractivity (Wildman–Crippen MR) is 139 cm³/mol. The first-order chi connectivity index (χ1) is 18.3. The molecule has 3 aromatic carbocycles. The first-order valence-electron chi connectivity index (χ1n) is 11.8. The molecule has 0 spiro atoms. The molecule has 9 nitrogen and oxygen atoms in total. The van der Waals surface area contributed by atoms with Crippen molar-refractivity contribution in [2.75, 3.05) is 30.9 Å². The summed E-state index contributed by atoms with van der Waals surface area (Å²) in [6.45, 7) is 1.10. The second-order valence-corrected chi connectivity index (χ2v) is 10.3. The number of rotatable bonds is 5. The van der Waals surface area contributed by atoms with Crippen molar-refractivity contribution in [2.45, 2.75) is 4.90 Å². The van der Waals surface area contributed by atoms with E-state index in [4.69, 9.17) is 4.74 Å². The highest BCUT2D eigenvalue weighted by Crippen LogP contribution is 2.24. The summed E-state index contributed by atoms with van der Waals surface area (Å²) in [7, 11) is -3.91. The van der Waals surface area contributed by atoms with Crippen LogP contribution in [0.25, 0.3) is 10.9 Å². The third kappa shape index (κ3) is 5.42. The molecule has 0 bridgehead atoms. The van der Waals surface area contributed by atoms with Gasteiger partial charge in [-0.1, -0.05) is 24.3 Å². The van der Waals surface area contributed by atoms with E-state index in [2.05, 4.69) is 9.71 Å². The van der Waals surface area contributed by atoms with E-state index in [0.717, 1.165) is 6.07 Å². The molecule has 0 aliphatic carbocycles. The average molecular weight is 535 g/mol. The minimum absolute atomic E-state index is 0.0598. The van der Waals surface area contributed by atoms with Gasteiger partial charge >= 0.3 is 6.09 Å². The number of carbonyl (C=O) groups is 2. The second kappa shape index (κ2) is 10.5. The molecule has 194 valence electrons. The van der Waals surface area contributed by atoms with Gasteiger partial charge in [-0.05, 0) is 48.5 Å². The first-order valence-corrected chi connectivity index (χ1v) is 13.3. The van der Waals surface area contributed by atoms with Crippen molar-refractivity contribution in [3.63, 3.8) is 0 Å². The number of anilines is 1. The molecule has 0 atom stereocenters. The summed E-state index contributed by atoms with van der Waals surface area (Å²) >= 11 is 0. The van der Waals surface area contributed by atoms with E-state index in [1.165, 1.54) is 47.5 Å². The van der Waals surface area contributed by atoms with Gasteiger partial charge in [-0.3, -0.25) is 14.5 Å². The topological polar surface area (TPSA) is 109 Å². The van der Waals surface area contributed by atoms with Gasteiger partial charge in [0.2, 0.25) is 0 Å².